The van der Waals surface area contributed by atoms with E-state index in [1.54, 1.807) is 0 Å². The first-order chi connectivity index (χ1) is 8.92. The van der Waals surface area contributed by atoms with Gasteiger partial charge in [-0.1, -0.05) is 32.4 Å². The van der Waals surface area contributed by atoms with Crippen molar-refractivity contribution in [2.75, 3.05) is 13.1 Å². The monoisotopic (exact) mass is 266 g/mol. The van der Waals surface area contributed by atoms with Crippen LogP contribution in [-0.4, -0.2) is 19.0 Å². The van der Waals surface area contributed by atoms with Gasteiger partial charge in [-0.15, -0.1) is 0 Å². The summed E-state index contributed by atoms with van der Waals surface area (Å²) in [7, 11) is 0. The number of rotatable bonds is 6. The Morgan fingerprint density at radius 3 is 2.68 bits per heavy atom. The summed E-state index contributed by atoms with van der Waals surface area (Å²) < 4.78 is 0. The summed E-state index contributed by atoms with van der Waals surface area (Å²) in [6, 6.07) is 0. The minimum absolute atomic E-state index is 0.0552. The van der Waals surface area contributed by atoms with Gasteiger partial charge in [-0.2, -0.15) is 0 Å². The Bertz CT molecular complexity index is 315. The molecule has 1 atom stereocenters. The molecule has 0 radical (unpaired) electrons. The summed E-state index contributed by atoms with van der Waals surface area (Å²) in [4.78, 5) is 12.1. The highest BCUT2D eigenvalue weighted by Crippen LogP contribution is 2.24. The van der Waals surface area contributed by atoms with Gasteiger partial charge in [0.15, 0.2) is 0 Å². The summed E-state index contributed by atoms with van der Waals surface area (Å²) in [6.07, 6.45) is 9.21. The first-order valence-corrected chi connectivity index (χ1v) is 7.58. The highest BCUT2D eigenvalue weighted by molar-refractivity contribution is 5.78. The molecule has 0 aliphatic heterocycles. The fraction of sp³-hybridized carbons (Fsp3) is 0.812. The van der Waals surface area contributed by atoms with Gasteiger partial charge in [0, 0.05) is 13.1 Å². The smallest absolute Gasteiger partial charge is 0.224 e. The summed E-state index contributed by atoms with van der Waals surface area (Å²) in [6.45, 7) is 7.64. The number of carbonyl (C=O) groups is 1. The van der Waals surface area contributed by atoms with Gasteiger partial charge in [-0.05, 0) is 43.9 Å². The van der Waals surface area contributed by atoms with Crippen molar-refractivity contribution in [3.05, 3.63) is 11.6 Å². The zero-order chi connectivity index (χ0) is 14.3. The standard InChI is InChI=1S/C16H30N2O/c1-16(2,3)11-14(12-17)15(19)18-10-9-13-7-5-4-6-8-13/h7,14H,4-6,8-12,17H2,1-3H3,(H,18,19). The maximum atomic E-state index is 12.1. The summed E-state index contributed by atoms with van der Waals surface area (Å²) in [5.41, 5.74) is 7.38. The van der Waals surface area contributed by atoms with Gasteiger partial charge in [-0.25, -0.2) is 0 Å². The molecule has 3 nitrogen and oxygen atoms in total. The van der Waals surface area contributed by atoms with E-state index in [-0.39, 0.29) is 17.2 Å². The molecule has 0 aromatic heterocycles. The van der Waals surface area contributed by atoms with Crippen LogP contribution in [0.15, 0.2) is 11.6 Å². The van der Waals surface area contributed by atoms with E-state index in [9.17, 15) is 4.79 Å². The SMILES string of the molecule is CC(C)(C)CC(CN)C(=O)NCCC1=CCCCC1. The van der Waals surface area contributed by atoms with Crippen molar-refractivity contribution in [2.24, 2.45) is 17.1 Å². The van der Waals surface area contributed by atoms with Gasteiger partial charge in [0.25, 0.3) is 0 Å². The van der Waals surface area contributed by atoms with Crippen LogP contribution in [-0.2, 0) is 4.79 Å². The van der Waals surface area contributed by atoms with Gasteiger partial charge < -0.3 is 11.1 Å². The van der Waals surface area contributed by atoms with Crippen LogP contribution in [0.1, 0.15) is 59.3 Å². The lowest BCUT2D eigenvalue weighted by atomic mass is 9.84. The zero-order valence-corrected chi connectivity index (χ0v) is 12.8. The van der Waals surface area contributed by atoms with E-state index in [0.29, 0.717) is 6.54 Å². The lowest BCUT2D eigenvalue weighted by molar-refractivity contribution is -0.125. The Hall–Kier alpha value is -0.830. The third-order valence-electron chi connectivity index (χ3n) is 3.64. The van der Waals surface area contributed by atoms with E-state index in [2.05, 4.69) is 32.2 Å². The molecule has 0 heterocycles. The van der Waals surface area contributed by atoms with Gasteiger partial charge in [0.1, 0.15) is 0 Å². The predicted octanol–water partition coefficient (Wildman–Crippen LogP) is 3.00. The van der Waals surface area contributed by atoms with E-state index in [0.717, 1.165) is 19.4 Å². The van der Waals surface area contributed by atoms with Crippen LogP contribution in [0.25, 0.3) is 0 Å². The van der Waals surface area contributed by atoms with Crippen molar-refractivity contribution in [1.29, 1.82) is 0 Å². The lowest BCUT2D eigenvalue weighted by Crippen LogP contribution is -2.37. The Balaban J connectivity index is 2.30. The molecule has 0 spiro atoms. The van der Waals surface area contributed by atoms with Crippen LogP contribution < -0.4 is 11.1 Å². The number of carbonyl (C=O) groups excluding carboxylic acids is 1. The maximum absolute atomic E-state index is 12.1. The average molecular weight is 266 g/mol. The van der Waals surface area contributed by atoms with E-state index in [1.165, 1.54) is 31.3 Å². The highest BCUT2D eigenvalue weighted by Gasteiger charge is 2.23. The molecule has 1 aliphatic rings. The molecular formula is C16H30N2O. The van der Waals surface area contributed by atoms with Gasteiger partial charge >= 0.3 is 0 Å². The van der Waals surface area contributed by atoms with Crippen molar-refractivity contribution in [3.8, 4) is 0 Å². The Morgan fingerprint density at radius 2 is 2.16 bits per heavy atom. The van der Waals surface area contributed by atoms with Gasteiger partial charge in [0.2, 0.25) is 5.91 Å². The lowest BCUT2D eigenvalue weighted by Gasteiger charge is -2.24. The van der Waals surface area contributed by atoms with Crippen molar-refractivity contribution in [1.82, 2.24) is 5.32 Å². The molecule has 3 N–H and O–H groups in total. The quantitative estimate of drug-likeness (QED) is 0.726. The number of hydrogen-bond acceptors (Lipinski definition) is 2. The van der Waals surface area contributed by atoms with Crippen LogP contribution >= 0.6 is 0 Å². The number of amides is 1. The number of allylic oxidation sites excluding steroid dienone is 1. The second-order valence-electron chi connectivity index (χ2n) is 6.85. The highest BCUT2D eigenvalue weighted by atomic mass is 16.1. The number of nitrogens with one attached hydrogen (secondary N) is 1. The Kier molecular flexibility index (Phi) is 6.56. The summed E-state index contributed by atoms with van der Waals surface area (Å²) in [5.74, 6) is 0.0640. The predicted molar refractivity (Wildman–Crippen MR) is 80.8 cm³/mol. The third-order valence-corrected chi connectivity index (χ3v) is 3.64. The normalized spacial score (nSPS) is 17.8. The molecule has 0 fully saturated rings. The van der Waals surface area contributed by atoms with Crippen LogP contribution in [0.4, 0.5) is 0 Å². The molecule has 1 rings (SSSR count). The largest absolute Gasteiger partial charge is 0.356 e. The molecule has 19 heavy (non-hydrogen) atoms. The van der Waals surface area contributed by atoms with E-state index >= 15 is 0 Å². The topological polar surface area (TPSA) is 55.1 Å². The summed E-state index contributed by atoms with van der Waals surface area (Å²) in [5, 5.41) is 3.04. The molecule has 0 saturated heterocycles. The zero-order valence-electron chi connectivity index (χ0n) is 12.8. The number of hydrogen-bond donors (Lipinski definition) is 2. The van der Waals surface area contributed by atoms with Gasteiger partial charge in [0.05, 0.1) is 5.92 Å². The molecule has 3 heteroatoms. The Morgan fingerprint density at radius 1 is 1.42 bits per heavy atom. The van der Waals surface area contributed by atoms with Crippen LogP contribution in [0.3, 0.4) is 0 Å². The van der Waals surface area contributed by atoms with Gasteiger partial charge in [-0.3, -0.25) is 4.79 Å². The minimum Gasteiger partial charge on any atom is -0.356 e. The van der Waals surface area contributed by atoms with Crippen LogP contribution in [0.5, 0.6) is 0 Å². The van der Waals surface area contributed by atoms with Crippen LogP contribution in [0.2, 0.25) is 0 Å². The minimum atomic E-state index is -0.0552. The van der Waals surface area contributed by atoms with Crippen molar-refractivity contribution >= 4 is 5.91 Å². The second-order valence-corrected chi connectivity index (χ2v) is 6.85. The molecule has 0 saturated carbocycles. The average Bonchev–Trinajstić information content (AvgIpc) is 2.36. The van der Waals surface area contributed by atoms with E-state index in [1.807, 2.05) is 0 Å². The molecule has 1 amide bonds. The summed E-state index contributed by atoms with van der Waals surface area (Å²) >= 11 is 0. The van der Waals surface area contributed by atoms with Crippen molar-refractivity contribution < 1.29 is 4.79 Å². The third kappa shape index (κ3) is 6.76. The second kappa shape index (κ2) is 7.68. The molecule has 1 aliphatic carbocycles. The molecule has 0 aromatic rings. The van der Waals surface area contributed by atoms with E-state index in [4.69, 9.17) is 5.73 Å². The van der Waals surface area contributed by atoms with Crippen molar-refractivity contribution in [3.63, 3.8) is 0 Å². The maximum Gasteiger partial charge on any atom is 0.224 e. The Labute approximate surface area is 118 Å². The fourth-order valence-corrected chi connectivity index (χ4v) is 2.64. The molecule has 0 aromatic carbocycles. The van der Waals surface area contributed by atoms with Crippen LogP contribution in [0, 0.1) is 11.3 Å². The molecular weight excluding hydrogens is 236 g/mol. The van der Waals surface area contributed by atoms with E-state index < -0.39 is 0 Å². The first-order valence-electron chi connectivity index (χ1n) is 7.58. The molecule has 0 bridgehead atoms. The van der Waals surface area contributed by atoms with Crippen molar-refractivity contribution in [2.45, 2.75) is 59.3 Å². The fourth-order valence-electron chi connectivity index (χ4n) is 2.64. The first kappa shape index (κ1) is 16.2. The molecule has 1 unspecified atom stereocenters. The number of nitrogens with two attached hydrogens (primary N) is 1. The molecule has 110 valence electrons.